The van der Waals surface area contributed by atoms with Crippen LogP contribution in [0.5, 0.6) is 0 Å². The Balaban J connectivity index is 0. The second kappa shape index (κ2) is 8.40. The molecule has 76 valence electrons. The van der Waals surface area contributed by atoms with E-state index in [1.807, 2.05) is 6.07 Å². The Bertz CT molecular complexity index is 314. The van der Waals surface area contributed by atoms with Crippen molar-refractivity contribution in [2.75, 3.05) is 0 Å². The molecular weight excluding hydrogens is 215 g/mol. The van der Waals surface area contributed by atoms with Crippen LogP contribution in [-0.4, -0.2) is 47.1 Å². The van der Waals surface area contributed by atoms with Crippen molar-refractivity contribution in [1.29, 1.82) is 0 Å². The SMILES string of the molecule is CCc1ccccc1.O=S(=O)(O)O.[NaH]. The van der Waals surface area contributed by atoms with Crippen molar-refractivity contribution >= 4 is 40.0 Å². The van der Waals surface area contributed by atoms with Gasteiger partial charge in [-0.3, -0.25) is 9.11 Å². The van der Waals surface area contributed by atoms with Crippen LogP contribution < -0.4 is 0 Å². The normalized spacial score (nSPS) is 9.36. The minimum absolute atomic E-state index is 0. The molecule has 0 saturated carbocycles. The van der Waals surface area contributed by atoms with E-state index in [1.54, 1.807) is 0 Å². The number of rotatable bonds is 1. The van der Waals surface area contributed by atoms with Gasteiger partial charge < -0.3 is 0 Å². The van der Waals surface area contributed by atoms with Crippen LogP contribution in [0.1, 0.15) is 12.5 Å². The summed E-state index contributed by atoms with van der Waals surface area (Å²) in [5, 5.41) is 0. The van der Waals surface area contributed by atoms with Gasteiger partial charge in [-0.05, 0) is 12.0 Å². The number of hydrogen-bond acceptors (Lipinski definition) is 2. The summed E-state index contributed by atoms with van der Waals surface area (Å²) < 4.78 is 31.6. The van der Waals surface area contributed by atoms with Crippen LogP contribution in [0.15, 0.2) is 30.3 Å². The second-order valence-electron chi connectivity index (χ2n) is 2.29. The van der Waals surface area contributed by atoms with Crippen LogP contribution in [0.3, 0.4) is 0 Å². The quantitative estimate of drug-likeness (QED) is 0.554. The van der Waals surface area contributed by atoms with Crippen LogP contribution in [0, 0.1) is 0 Å². The molecule has 0 radical (unpaired) electrons. The number of benzene rings is 1. The Labute approximate surface area is 106 Å². The van der Waals surface area contributed by atoms with E-state index in [0.717, 1.165) is 6.42 Å². The van der Waals surface area contributed by atoms with Crippen molar-refractivity contribution in [2.45, 2.75) is 13.3 Å². The van der Waals surface area contributed by atoms with Gasteiger partial charge in [0.05, 0.1) is 0 Å². The van der Waals surface area contributed by atoms with Crippen molar-refractivity contribution in [2.24, 2.45) is 0 Å². The van der Waals surface area contributed by atoms with E-state index in [-0.39, 0.29) is 29.6 Å². The van der Waals surface area contributed by atoms with Crippen molar-refractivity contribution in [3.05, 3.63) is 35.9 Å². The van der Waals surface area contributed by atoms with Gasteiger partial charge in [-0.1, -0.05) is 37.3 Å². The molecule has 0 aromatic heterocycles. The van der Waals surface area contributed by atoms with Crippen molar-refractivity contribution in [1.82, 2.24) is 0 Å². The Morgan fingerprint density at radius 2 is 1.50 bits per heavy atom. The van der Waals surface area contributed by atoms with Crippen LogP contribution >= 0.6 is 0 Å². The molecule has 0 atom stereocenters. The first kappa shape index (κ1) is 16.5. The van der Waals surface area contributed by atoms with Gasteiger partial charge in [-0.2, -0.15) is 8.42 Å². The first-order valence-electron chi connectivity index (χ1n) is 3.67. The molecule has 0 aliphatic carbocycles. The zero-order chi connectivity index (χ0) is 10.3. The monoisotopic (exact) mass is 228 g/mol. The molecule has 1 aromatic rings. The summed E-state index contributed by atoms with van der Waals surface area (Å²) >= 11 is 0. The Kier molecular flexibility index (Phi) is 9.91. The van der Waals surface area contributed by atoms with Gasteiger partial charge in [0.1, 0.15) is 0 Å². The fourth-order valence-corrected chi connectivity index (χ4v) is 0.714. The van der Waals surface area contributed by atoms with E-state index in [2.05, 4.69) is 31.2 Å². The summed E-state index contributed by atoms with van der Waals surface area (Å²) in [5.41, 5.74) is 1.41. The molecular formula is C8H13NaO4S. The van der Waals surface area contributed by atoms with Crippen LogP contribution in [-0.2, 0) is 16.8 Å². The third-order valence-electron chi connectivity index (χ3n) is 1.25. The van der Waals surface area contributed by atoms with E-state index in [9.17, 15) is 0 Å². The molecule has 0 bridgehead atoms. The molecule has 0 spiro atoms. The Hall–Kier alpha value is 0.0900. The maximum absolute atomic E-state index is 8.74. The van der Waals surface area contributed by atoms with E-state index in [4.69, 9.17) is 17.5 Å². The predicted octanol–water partition coefficient (Wildman–Crippen LogP) is 0.948. The Morgan fingerprint density at radius 3 is 1.71 bits per heavy atom. The van der Waals surface area contributed by atoms with Crippen molar-refractivity contribution in [3.63, 3.8) is 0 Å². The van der Waals surface area contributed by atoms with Gasteiger partial charge in [0, 0.05) is 0 Å². The fourth-order valence-electron chi connectivity index (χ4n) is 0.714. The summed E-state index contributed by atoms with van der Waals surface area (Å²) in [7, 11) is -4.67. The molecule has 4 nitrogen and oxygen atoms in total. The zero-order valence-electron chi connectivity index (χ0n) is 7.21. The Morgan fingerprint density at radius 1 is 1.14 bits per heavy atom. The van der Waals surface area contributed by atoms with Gasteiger partial charge in [0.25, 0.3) is 0 Å². The minimum atomic E-state index is -4.67. The summed E-state index contributed by atoms with van der Waals surface area (Å²) in [6.07, 6.45) is 1.14. The van der Waals surface area contributed by atoms with Gasteiger partial charge >= 0.3 is 40.0 Å². The molecule has 6 heteroatoms. The third kappa shape index (κ3) is 14.6. The summed E-state index contributed by atoms with van der Waals surface area (Å²) in [4.78, 5) is 0. The molecule has 0 heterocycles. The molecule has 0 amide bonds. The van der Waals surface area contributed by atoms with E-state index >= 15 is 0 Å². The molecule has 2 N–H and O–H groups in total. The van der Waals surface area contributed by atoms with Gasteiger partial charge in [0.15, 0.2) is 0 Å². The predicted molar refractivity (Wildman–Crippen MR) is 57.1 cm³/mol. The van der Waals surface area contributed by atoms with Gasteiger partial charge in [0.2, 0.25) is 0 Å². The first-order valence-corrected chi connectivity index (χ1v) is 5.07. The molecule has 14 heavy (non-hydrogen) atoms. The number of aryl methyl sites for hydroxylation is 1. The molecule has 1 aromatic carbocycles. The van der Waals surface area contributed by atoms with Gasteiger partial charge in [-0.15, -0.1) is 0 Å². The van der Waals surface area contributed by atoms with Crippen LogP contribution in [0.2, 0.25) is 0 Å². The van der Waals surface area contributed by atoms with E-state index in [0.29, 0.717) is 0 Å². The van der Waals surface area contributed by atoms with Crippen molar-refractivity contribution in [3.8, 4) is 0 Å². The zero-order valence-corrected chi connectivity index (χ0v) is 8.03. The first-order chi connectivity index (χ1) is 5.93. The average molecular weight is 228 g/mol. The number of hydrogen-bond donors (Lipinski definition) is 2. The summed E-state index contributed by atoms with van der Waals surface area (Å²) in [5.74, 6) is 0. The summed E-state index contributed by atoms with van der Waals surface area (Å²) in [6, 6.07) is 10.5. The average Bonchev–Trinajstić information content (AvgIpc) is 2.03. The molecule has 0 saturated heterocycles. The van der Waals surface area contributed by atoms with Crippen molar-refractivity contribution < 1.29 is 17.5 Å². The molecule has 0 aliphatic rings. The van der Waals surface area contributed by atoms with Gasteiger partial charge in [-0.25, -0.2) is 0 Å². The summed E-state index contributed by atoms with van der Waals surface area (Å²) in [6.45, 7) is 2.16. The third-order valence-corrected chi connectivity index (χ3v) is 1.25. The second-order valence-corrected chi connectivity index (χ2v) is 3.18. The topological polar surface area (TPSA) is 74.6 Å². The standard InChI is InChI=1S/C8H10.Na.H2O4S.H/c1-2-8-6-4-3-5-7-8;;1-5(2,3)4;/h3-7H,2H2,1H3;;(H2,1,2,3,4);. The van der Waals surface area contributed by atoms with Crippen LogP contribution in [0.4, 0.5) is 0 Å². The molecule has 0 unspecified atom stereocenters. The van der Waals surface area contributed by atoms with E-state index < -0.39 is 10.4 Å². The molecule has 0 fully saturated rings. The van der Waals surface area contributed by atoms with E-state index in [1.165, 1.54) is 5.56 Å². The fraction of sp³-hybridized carbons (Fsp3) is 0.250. The maximum atomic E-state index is 8.74. The van der Waals surface area contributed by atoms with Crippen LogP contribution in [0.25, 0.3) is 0 Å². The molecule has 1 rings (SSSR count). The molecule has 0 aliphatic heterocycles.